The molecule has 1 saturated heterocycles. The molecule has 10 heteroatoms. The molecule has 1 atom stereocenters. The summed E-state index contributed by atoms with van der Waals surface area (Å²) in [6.07, 6.45) is 6.74. The lowest BCUT2D eigenvalue weighted by molar-refractivity contribution is -0.136. The first kappa shape index (κ1) is 25.8. The number of aromatic nitrogens is 1. The molecule has 1 aromatic carbocycles. The van der Waals surface area contributed by atoms with Crippen LogP contribution in [0.1, 0.15) is 50.5 Å². The molecule has 0 N–H and O–H groups in total. The molecule has 0 unspecified atom stereocenters. The van der Waals surface area contributed by atoms with Gasteiger partial charge in [0.2, 0.25) is 0 Å². The van der Waals surface area contributed by atoms with Crippen LogP contribution in [0.15, 0.2) is 56.3 Å². The molecule has 1 fully saturated rings. The monoisotopic (exact) mass is 537 g/mol. The quantitative estimate of drug-likeness (QED) is 0.407. The highest BCUT2D eigenvalue weighted by atomic mass is 32.1. The molecule has 0 amide bonds. The van der Waals surface area contributed by atoms with Gasteiger partial charge in [0.15, 0.2) is 22.2 Å². The second-order valence-corrected chi connectivity index (χ2v) is 9.98. The number of furan rings is 1. The van der Waals surface area contributed by atoms with Crippen LogP contribution in [-0.4, -0.2) is 43.9 Å². The molecule has 0 bridgehead atoms. The van der Waals surface area contributed by atoms with Crippen LogP contribution in [0.4, 0.5) is 5.88 Å². The molecule has 2 aliphatic heterocycles. The predicted molar refractivity (Wildman–Crippen MR) is 145 cm³/mol. The van der Waals surface area contributed by atoms with Gasteiger partial charge in [-0.15, -0.1) is 0 Å². The van der Waals surface area contributed by atoms with E-state index in [1.807, 2.05) is 32.0 Å². The summed E-state index contributed by atoms with van der Waals surface area (Å²) in [5, 5.41) is 0. The number of hydrogen-bond donors (Lipinski definition) is 0. The Bertz CT molecular complexity index is 1530. The first-order chi connectivity index (χ1) is 18.5. The highest BCUT2D eigenvalue weighted by Crippen LogP contribution is 2.35. The molecular weight excluding hydrogens is 506 g/mol. The lowest BCUT2D eigenvalue weighted by Gasteiger charge is -2.25. The average Bonchev–Trinajstić information content (AvgIpc) is 3.54. The second kappa shape index (κ2) is 11.3. The molecule has 2 aromatic heterocycles. The summed E-state index contributed by atoms with van der Waals surface area (Å²) in [5.74, 6) is 1.98. The Balaban J connectivity index is 1.58. The largest absolute Gasteiger partial charge is 0.490 e. The van der Waals surface area contributed by atoms with Crippen LogP contribution >= 0.6 is 11.3 Å². The molecule has 38 heavy (non-hydrogen) atoms. The molecule has 3 aromatic rings. The summed E-state index contributed by atoms with van der Waals surface area (Å²) in [6, 6.07) is 8.50. The highest BCUT2D eigenvalue weighted by Gasteiger charge is 2.31. The minimum absolute atomic E-state index is 0.253. The van der Waals surface area contributed by atoms with Crippen molar-refractivity contribution < 1.29 is 23.4 Å². The smallest absolute Gasteiger partial charge is 0.337 e. The summed E-state index contributed by atoms with van der Waals surface area (Å²) in [4.78, 5) is 33.6. The van der Waals surface area contributed by atoms with Crippen molar-refractivity contribution in [2.45, 2.75) is 39.2 Å². The fraction of sp³-hybridized carbons (Fsp3) is 0.393. The first-order valence-electron chi connectivity index (χ1n) is 12.9. The SMILES string of the molecule is CCOc1ccc([C@@H]2C(C(=O)OC)=CN=c3s/c(=C\c4ccc(N5CCCCC5)o4)c(=O)n32)cc1OCC. The van der Waals surface area contributed by atoms with Gasteiger partial charge in [-0.25, -0.2) is 9.79 Å². The Hall–Kier alpha value is -3.79. The molecule has 0 saturated carbocycles. The Kier molecular flexibility index (Phi) is 7.69. The van der Waals surface area contributed by atoms with Gasteiger partial charge in [0.25, 0.3) is 5.56 Å². The summed E-state index contributed by atoms with van der Waals surface area (Å²) in [7, 11) is 1.31. The van der Waals surface area contributed by atoms with Gasteiger partial charge in [-0.2, -0.15) is 0 Å². The third kappa shape index (κ3) is 5.00. The molecule has 0 radical (unpaired) electrons. The van der Waals surface area contributed by atoms with Crippen molar-refractivity contribution in [2.75, 3.05) is 38.3 Å². The van der Waals surface area contributed by atoms with Gasteiger partial charge in [-0.1, -0.05) is 17.4 Å². The molecule has 0 spiro atoms. The molecule has 2 aliphatic rings. The number of nitrogens with zero attached hydrogens (tertiary/aromatic N) is 3. The lowest BCUT2D eigenvalue weighted by Crippen LogP contribution is -2.39. The highest BCUT2D eigenvalue weighted by molar-refractivity contribution is 7.07. The Morgan fingerprint density at radius 1 is 1.11 bits per heavy atom. The van der Waals surface area contributed by atoms with E-state index < -0.39 is 12.0 Å². The number of hydrogen-bond acceptors (Lipinski definition) is 9. The maximum atomic E-state index is 13.7. The number of esters is 1. The van der Waals surface area contributed by atoms with E-state index in [0.29, 0.717) is 45.4 Å². The molecule has 9 nitrogen and oxygen atoms in total. The number of anilines is 1. The van der Waals surface area contributed by atoms with Gasteiger partial charge in [0.05, 0.1) is 36.5 Å². The minimum Gasteiger partial charge on any atom is -0.490 e. The van der Waals surface area contributed by atoms with E-state index in [1.165, 1.54) is 35.6 Å². The number of methoxy groups -OCH3 is 1. The van der Waals surface area contributed by atoms with Crippen LogP contribution in [0.3, 0.4) is 0 Å². The van der Waals surface area contributed by atoms with Gasteiger partial charge >= 0.3 is 5.97 Å². The zero-order chi connectivity index (χ0) is 26.6. The summed E-state index contributed by atoms with van der Waals surface area (Å²) < 4.78 is 24.6. The summed E-state index contributed by atoms with van der Waals surface area (Å²) >= 11 is 1.25. The second-order valence-electron chi connectivity index (χ2n) is 8.97. The molecule has 4 heterocycles. The number of thiazole rings is 1. The van der Waals surface area contributed by atoms with Gasteiger partial charge < -0.3 is 23.5 Å². The maximum absolute atomic E-state index is 13.7. The predicted octanol–water partition coefficient (Wildman–Crippen LogP) is 3.40. The van der Waals surface area contributed by atoms with Crippen molar-refractivity contribution in [3.63, 3.8) is 0 Å². The van der Waals surface area contributed by atoms with E-state index in [9.17, 15) is 9.59 Å². The Morgan fingerprint density at radius 3 is 2.61 bits per heavy atom. The summed E-state index contributed by atoms with van der Waals surface area (Å²) in [5.41, 5.74) is 0.668. The number of carbonyl (C=O) groups excluding carboxylic acids is 1. The molecular formula is C28H31N3O6S. The van der Waals surface area contributed by atoms with Gasteiger partial charge in [-0.05, 0) is 56.9 Å². The van der Waals surface area contributed by atoms with Crippen molar-refractivity contribution in [3.05, 3.63) is 73.1 Å². The van der Waals surface area contributed by atoms with E-state index in [4.69, 9.17) is 18.6 Å². The third-order valence-electron chi connectivity index (χ3n) is 6.56. The number of ether oxygens (including phenoxy) is 3. The van der Waals surface area contributed by atoms with E-state index >= 15 is 0 Å². The van der Waals surface area contributed by atoms with Crippen molar-refractivity contribution >= 4 is 29.3 Å². The number of benzene rings is 1. The lowest BCUT2D eigenvalue weighted by atomic mass is 9.97. The van der Waals surface area contributed by atoms with Crippen LogP contribution in [0.25, 0.3) is 6.08 Å². The van der Waals surface area contributed by atoms with Crippen LogP contribution in [0.5, 0.6) is 11.5 Å². The van der Waals surface area contributed by atoms with Gasteiger partial charge in [-0.3, -0.25) is 9.36 Å². The minimum atomic E-state index is -0.740. The van der Waals surface area contributed by atoms with E-state index in [-0.39, 0.29) is 11.1 Å². The maximum Gasteiger partial charge on any atom is 0.337 e. The van der Waals surface area contributed by atoms with Crippen molar-refractivity contribution in [2.24, 2.45) is 4.99 Å². The van der Waals surface area contributed by atoms with Crippen LogP contribution in [-0.2, 0) is 9.53 Å². The Labute approximate surface area is 224 Å². The Morgan fingerprint density at radius 2 is 1.87 bits per heavy atom. The zero-order valence-corrected chi connectivity index (χ0v) is 22.6. The molecule has 0 aliphatic carbocycles. The zero-order valence-electron chi connectivity index (χ0n) is 21.8. The van der Waals surface area contributed by atoms with Gasteiger partial charge in [0.1, 0.15) is 5.76 Å². The van der Waals surface area contributed by atoms with Crippen LogP contribution in [0, 0.1) is 0 Å². The molecule has 200 valence electrons. The van der Waals surface area contributed by atoms with E-state index in [1.54, 1.807) is 18.2 Å². The van der Waals surface area contributed by atoms with E-state index in [0.717, 1.165) is 31.8 Å². The first-order valence-corrected chi connectivity index (χ1v) is 13.7. The molecule has 5 rings (SSSR count). The fourth-order valence-corrected chi connectivity index (χ4v) is 5.77. The van der Waals surface area contributed by atoms with Crippen LogP contribution in [0.2, 0.25) is 0 Å². The van der Waals surface area contributed by atoms with E-state index in [2.05, 4.69) is 9.89 Å². The normalized spacial score (nSPS) is 17.4. The topological polar surface area (TPSA) is 95.5 Å². The average molecular weight is 538 g/mol. The standard InChI is InChI=1S/C28H31N3O6S/c1-4-35-21-11-9-18(15-22(21)36-5-2)25-20(27(33)34-3)17-29-28-31(25)26(32)23(38-28)16-19-10-12-24(37-19)30-13-7-6-8-14-30/h9-12,15-17,25H,4-8,13-14H2,1-3H3/b23-16-/t25-/m1/s1. The number of fused-ring (bicyclic) bond motifs is 1. The van der Waals surface area contributed by atoms with Crippen molar-refractivity contribution in [1.82, 2.24) is 4.57 Å². The van der Waals surface area contributed by atoms with Crippen LogP contribution < -0.4 is 29.3 Å². The third-order valence-corrected chi connectivity index (χ3v) is 7.56. The summed E-state index contributed by atoms with van der Waals surface area (Å²) in [6.45, 7) is 6.64. The number of rotatable bonds is 8. The van der Waals surface area contributed by atoms with Crippen molar-refractivity contribution in [1.29, 1.82) is 0 Å². The van der Waals surface area contributed by atoms with Gasteiger partial charge in [0, 0.05) is 31.4 Å². The number of piperidine rings is 1. The van der Waals surface area contributed by atoms with Crippen molar-refractivity contribution in [3.8, 4) is 11.5 Å². The number of carbonyl (C=O) groups is 1. The fourth-order valence-electron chi connectivity index (χ4n) is 4.82.